The molecule has 1 rings (SSSR count). The maximum Gasteiger partial charge on any atom is 0.104 e. The van der Waals surface area contributed by atoms with E-state index in [-0.39, 0.29) is 12.4 Å². The number of nitrogens with zero attached hydrogens (tertiary/aromatic N) is 1. The predicted octanol–water partition coefficient (Wildman–Crippen LogP) is 3.57. The molecule has 0 aliphatic carbocycles. The van der Waals surface area contributed by atoms with E-state index in [0.29, 0.717) is 0 Å². The normalized spacial score (nSPS) is 20.0. The van der Waals surface area contributed by atoms with Crippen LogP contribution in [0.4, 0.5) is 0 Å². The molecule has 1 nitrogen and oxygen atoms in total. The number of halogens is 1. The first-order valence-corrected chi connectivity index (χ1v) is 9.53. The Labute approximate surface area is 145 Å². The number of hydrogen-bond donors (Lipinski definition) is 0. The molecule has 1 atom stereocenters. The van der Waals surface area contributed by atoms with Gasteiger partial charge in [-0.25, -0.2) is 0 Å². The van der Waals surface area contributed by atoms with E-state index in [1.807, 2.05) is 0 Å². The standard InChI is InChI=1S/C20H38N.ClH/c1-4-7-10-11-12-13-17-21(16-9-6-3)18-15-20(19-21)14-8-5-2;/h15,18-19H,4-14,16-17H2,1-3H3;1H/q+1;/p-1. The monoisotopic (exact) mass is 327 g/mol. The smallest absolute Gasteiger partial charge is 0.104 e. The van der Waals surface area contributed by atoms with Crippen LogP contribution in [0.5, 0.6) is 0 Å². The van der Waals surface area contributed by atoms with Crippen LogP contribution in [0, 0.1) is 0 Å². The number of rotatable bonds is 13. The van der Waals surface area contributed by atoms with Gasteiger partial charge in [0.05, 0.1) is 13.1 Å². The molecule has 130 valence electrons. The fraction of sp³-hybridized carbons (Fsp3) is 0.800. The molecule has 0 amide bonds. The van der Waals surface area contributed by atoms with E-state index >= 15 is 0 Å². The van der Waals surface area contributed by atoms with Crippen molar-refractivity contribution in [3.05, 3.63) is 24.0 Å². The van der Waals surface area contributed by atoms with Crippen LogP contribution in [0.3, 0.4) is 0 Å². The predicted molar refractivity (Wildman–Crippen MR) is 95.0 cm³/mol. The molecule has 0 radical (unpaired) electrons. The SMILES string of the molecule is CCCCCCCC[N+]1(CCCC)C=CC(CCCC)=C1.[Cl-]. The average molecular weight is 328 g/mol. The second-order valence-corrected chi connectivity index (χ2v) is 6.79. The summed E-state index contributed by atoms with van der Waals surface area (Å²) in [6.45, 7) is 9.51. The third-order valence-corrected chi connectivity index (χ3v) is 4.68. The van der Waals surface area contributed by atoms with Crippen LogP contribution in [-0.2, 0) is 0 Å². The van der Waals surface area contributed by atoms with Gasteiger partial charge in [0.25, 0.3) is 0 Å². The van der Waals surface area contributed by atoms with Crippen molar-refractivity contribution in [3.63, 3.8) is 0 Å². The van der Waals surface area contributed by atoms with Crippen LogP contribution in [-0.4, -0.2) is 17.6 Å². The van der Waals surface area contributed by atoms with Crippen LogP contribution < -0.4 is 12.4 Å². The number of quaternary nitrogens is 1. The molecular formula is C20H38ClN. The van der Waals surface area contributed by atoms with E-state index in [1.165, 1.54) is 83.7 Å². The minimum atomic E-state index is 0. The van der Waals surface area contributed by atoms with Crippen molar-refractivity contribution in [2.24, 2.45) is 0 Å². The summed E-state index contributed by atoms with van der Waals surface area (Å²) in [5, 5.41) is 0. The quantitative estimate of drug-likeness (QED) is 0.358. The molecule has 0 saturated heterocycles. The molecule has 0 spiro atoms. The molecule has 1 aliphatic rings. The lowest BCUT2D eigenvalue weighted by Gasteiger charge is -2.29. The highest BCUT2D eigenvalue weighted by atomic mass is 35.5. The van der Waals surface area contributed by atoms with Crippen LogP contribution >= 0.6 is 0 Å². The minimum absolute atomic E-state index is 0. The third-order valence-electron chi connectivity index (χ3n) is 4.68. The summed E-state index contributed by atoms with van der Waals surface area (Å²) < 4.78 is 1.14. The highest BCUT2D eigenvalue weighted by Crippen LogP contribution is 2.26. The van der Waals surface area contributed by atoms with Crippen LogP contribution in [0.15, 0.2) is 24.0 Å². The first kappa shape index (κ1) is 21.7. The molecule has 0 aromatic heterocycles. The molecule has 2 heteroatoms. The van der Waals surface area contributed by atoms with Crippen LogP contribution in [0.1, 0.15) is 91.4 Å². The molecule has 0 saturated carbocycles. The Morgan fingerprint density at radius 1 is 0.727 bits per heavy atom. The third kappa shape index (κ3) is 8.39. The van der Waals surface area contributed by atoms with E-state index in [0.717, 1.165) is 4.48 Å². The summed E-state index contributed by atoms with van der Waals surface area (Å²) in [4.78, 5) is 0. The summed E-state index contributed by atoms with van der Waals surface area (Å²) in [5.41, 5.74) is 1.58. The summed E-state index contributed by atoms with van der Waals surface area (Å²) in [6.07, 6.45) is 22.4. The van der Waals surface area contributed by atoms with Crippen molar-refractivity contribution in [2.45, 2.75) is 91.4 Å². The molecule has 1 unspecified atom stereocenters. The van der Waals surface area contributed by atoms with Gasteiger partial charge in [0.1, 0.15) is 12.4 Å². The van der Waals surface area contributed by atoms with Gasteiger partial charge in [0, 0.05) is 11.6 Å². The molecule has 1 aliphatic heterocycles. The van der Waals surface area contributed by atoms with Gasteiger partial charge in [0.2, 0.25) is 0 Å². The molecular weight excluding hydrogens is 290 g/mol. The topological polar surface area (TPSA) is 0 Å². The summed E-state index contributed by atoms with van der Waals surface area (Å²) in [6, 6.07) is 0. The molecule has 0 aromatic rings. The van der Waals surface area contributed by atoms with Crippen molar-refractivity contribution in [3.8, 4) is 0 Å². The van der Waals surface area contributed by atoms with Crippen LogP contribution in [0.25, 0.3) is 0 Å². The Hall–Kier alpha value is -0.270. The summed E-state index contributed by atoms with van der Waals surface area (Å²) in [7, 11) is 0. The number of allylic oxidation sites excluding steroid dienone is 2. The zero-order valence-electron chi connectivity index (χ0n) is 15.2. The Bertz CT molecular complexity index is 322. The lowest BCUT2D eigenvalue weighted by molar-refractivity contribution is -0.826. The fourth-order valence-corrected chi connectivity index (χ4v) is 3.22. The van der Waals surface area contributed by atoms with Crippen molar-refractivity contribution < 1.29 is 16.9 Å². The van der Waals surface area contributed by atoms with Gasteiger partial charge in [-0.2, -0.15) is 0 Å². The second kappa shape index (κ2) is 13.2. The highest BCUT2D eigenvalue weighted by molar-refractivity contribution is 5.19. The van der Waals surface area contributed by atoms with Gasteiger partial charge < -0.3 is 12.4 Å². The van der Waals surface area contributed by atoms with Crippen molar-refractivity contribution >= 4 is 0 Å². The van der Waals surface area contributed by atoms with Gasteiger partial charge in [0.15, 0.2) is 0 Å². The van der Waals surface area contributed by atoms with Crippen molar-refractivity contribution in [1.82, 2.24) is 0 Å². The van der Waals surface area contributed by atoms with Gasteiger partial charge in [-0.05, 0) is 32.1 Å². The molecule has 0 N–H and O–H groups in total. The zero-order valence-corrected chi connectivity index (χ0v) is 16.0. The summed E-state index contributed by atoms with van der Waals surface area (Å²) >= 11 is 0. The highest BCUT2D eigenvalue weighted by Gasteiger charge is 2.26. The Morgan fingerprint density at radius 2 is 1.32 bits per heavy atom. The molecule has 1 heterocycles. The average Bonchev–Trinajstić information content (AvgIpc) is 2.90. The van der Waals surface area contributed by atoms with Crippen molar-refractivity contribution in [1.29, 1.82) is 0 Å². The van der Waals surface area contributed by atoms with E-state index in [4.69, 9.17) is 0 Å². The summed E-state index contributed by atoms with van der Waals surface area (Å²) in [5.74, 6) is 0. The minimum Gasteiger partial charge on any atom is -1.00 e. The van der Waals surface area contributed by atoms with Gasteiger partial charge in [-0.1, -0.05) is 59.3 Å². The maximum atomic E-state index is 2.57. The largest absolute Gasteiger partial charge is 1.00 e. The van der Waals surface area contributed by atoms with E-state index in [9.17, 15) is 0 Å². The Kier molecular flexibility index (Phi) is 13.0. The molecule has 22 heavy (non-hydrogen) atoms. The van der Waals surface area contributed by atoms with Gasteiger partial charge in [-0.15, -0.1) is 0 Å². The second-order valence-electron chi connectivity index (χ2n) is 6.79. The first-order valence-electron chi connectivity index (χ1n) is 9.53. The van der Waals surface area contributed by atoms with Gasteiger partial charge in [-0.3, -0.25) is 4.48 Å². The van der Waals surface area contributed by atoms with Gasteiger partial charge >= 0.3 is 0 Å². The maximum absolute atomic E-state index is 2.57. The first-order chi connectivity index (χ1) is 10.3. The van der Waals surface area contributed by atoms with E-state index < -0.39 is 0 Å². The van der Waals surface area contributed by atoms with E-state index in [1.54, 1.807) is 5.57 Å². The number of unbranched alkanes of at least 4 members (excludes halogenated alkanes) is 7. The molecule has 0 aromatic carbocycles. The van der Waals surface area contributed by atoms with E-state index in [2.05, 4.69) is 39.2 Å². The lowest BCUT2D eigenvalue weighted by Crippen LogP contribution is -3.00. The molecule has 0 fully saturated rings. The number of hydrogen-bond acceptors (Lipinski definition) is 0. The van der Waals surface area contributed by atoms with Crippen molar-refractivity contribution in [2.75, 3.05) is 13.1 Å². The Morgan fingerprint density at radius 3 is 2.00 bits per heavy atom. The van der Waals surface area contributed by atoms with Crippen LogP contribution in [0.2, 0.25) is 0 Å². The fourth-order valence-electron chi connectivity index (χ4n) is 3.22. The lowest BCUT2D eigenvalue weighted by atomic mass is 10.1. The molecule has 0 bridgehead atoms. The Balaban J connectivity index is 0.00000441. The zero-order chi connectivity index (χ0) is 15.4.